The number of rotatable bonds is 6. The van der Waals surface area contributed by atoms with E-state index in [-0.39, 0.29) is 6.04 Å². The van der Waals surface area contributed by atoms with E-state index in [4.69, 9.17) is 17.2 Å². The van der Waals surface area contributed by atoms with E-state index in [1.807, 2.05) is 30.3 Å². The first kappa shape index (κ1) is 12.7. The molecule has 1 amide bonds. The minimum Gasteiger partial charge on any atom is -0.368 e. The van der Waals surface area contributed by atoms with Crippen molar-refractivity contribution < 1.29 is 4.79 Å². The normalized spacial score (nSPS) is 14.4. The van der Waals surface area contributed by atoms with Gasteiger partial charge in [0, 0.05) is 6.04 Å². The number of hydrogen-bond donors (Lipinski definition) is 3. The van der Waals surface area contributed by atoms with Crippen molar-refractivity contribution in [1.82, 2.24) is 0 Å². The Hall–Kier alpha value is -1.39. The van der Waals surface area contributed by atoms with E-state index in [9.17, 15) is 4.79 Å². The summed E-state index contributed by atoms with van der Waals surface area (Å²) in [7, 11) is 0. The zero-order valence-corrected chi connectivity index (χ0v) is 9.30. The monoisotopic (exact) mass is 221 g/mol. The lowest BCUT2D eigenvalue weighted by Crippen LogP contribution is -2.38. The number of carbonyl (C=O) groups is 1. The van der Waals surface area contributed by atoms with Gasteiger partial charge in [0.05, 0.1) is 6.04 Å². The van der Waals surface area contributed by atoms with Crippen LogP contribution in [0.15, 0.2) is 30.3 Å². The fourth-order valence-electron chi connectivity index (χ4n) is 1.55. The molecule has 1 rings (SSSR count). The van der Waals surface area contributed by atoms with Gasteiger partial charge in [-0.2, -0.15) is 0 Å². The summed E-state index contributed by atoms with van der Waals surface area (Å²) >= 11 is 0. The lowest BCUT2D eigenvalue weighted by atomic mass is 10.0. The maximum atomic E-state index is 10.7. The molecule has 1 unspecified atom stereocenters. The fraction of sp³-hybridized carbons (Fsp3) is 0.417. The number of amides is 1. The highest BCUT2D eigenvalue weighted by atomic mass is 16.1. The molecule has 0 fully saturated rings. The molecule has 0 bridgehead atoms. The molecule has 88 valence electrons. The van der Waals surface area contributed by atoms with Crippen LogP contribution in [0.25, 0.3) is 0 Å². The van der Waals surface area contributed by atoms with Crippen molar-refractivity contribution in [1.29, 1.82) is 0 Å². The summed E-state index contributed by atoms with van der Waals surface area (Å²) in [4.78, 5) is 10.7. The molecule has 0 aliphatic heterocycles. The molecule has 0 saturated heterocycles. The van der Waals surface area contributed by atoms with Gasteiger partial charge in [-0.05, 0) is 24.8 Å². The van der Waals surface area contributed by atoms with E-state index >= 15 is 0 Å². The Morgan fingerprint density at radius 3 is 2.31 bits per heavy atom. The molecule has 1 aromatic rings. The summed E-state index contributed by atoms with van der Waals surface area (Å²) in [5, 5.41) is 0. The zero-order valence-electron chi connectivity index (χ0n) is 9.30. The van der Waals surface area contributed by atoms with Crippen LogP contribution in [0.4, 0.5) is 0 Å². The summed E-state index contributed by atoms with van der Waals surface area (Å²) in [6, 6.07) is 9.45. The second kappa shape index (κ2) is 6.25. The number of benzene rings is 1. The van der Waals surface area contributed by atoms with Gasteiger partial charge in [0.15, 0.2) is 0 Å². The maximum Gasteiger partial charge on any atom is 0.234 e. The topological polar surface area (TPSA) is 95.1 Å². The van der Waals surface area contributed by atoms with Gasteiger partial charge in [-0.1, -0.05) is 30.3 Å². The molecule has 4 nitrogen and oxygen atoms in total. The van der Waals surface area contributed by atoms with Crippen LogP contribution < -0.4 is 17.2 Å². The smallest absolute Gasteiger partial charge is 0.234 e. The van der Waals surface area contributed by atoms with Crippen molar-refractivity contribution in [3.63, 3.8) is 0 Å². The summed E-state index contributed by atoms with van der Waals surface area (Å²) in [5.74, 6) is -0.466. The van der Waals surface area contributed by atoms with Crippen LogP contribution in [-0.4, -0.2) is 18.0 Å². The average molecular weight is 221 g/mol. The average Bonchev–Trinajstić information content (AvgIpc) is 2.27. The lowest BCUT2D eigenvalue weighted by Gasteiger charge is -2.13. The van der Waals surface area contributed by atoms with Gasteiger partial charge in [-0.15, -0.1) is 0 Å². The van der Waals surface area contributed by atoms with E-state index in [1.54, 1.807) is 0 Å². The molecule has 4 heteroatoms. The predicted molar refractivity (Wildman–Crippen MR) is 64.5 cm³/mol. The Bertz CT molecular complexity index is 326. The van der Waals surface area contributed by atoms with Crippen molar-refractivity contribution in [2.45, 2.75) is 31.3 Å². The second-order valence-electron chi connectivity index (χ2n) is 4.04. The van der Waals surface area contributed by atoms with Crippen molar-refractivity contribution in [3.8, 4) is 0 Å². The SMILES string of the molecule is NC(=O)[C@@H](N)CCC(N)Cc1ccccc1. The molecule has 0 heterocycles. The number of carbonyl (C=O) groups excluding carboxylic acids is 1. The van der Waals surface area contributed by atoms with Crippen LogP contribution in [0.3, 0.4) is 0 Å². The third-order valence-corrected chi connectivity index (χ3v) is 2.55. The minimum absolute atomic E-state index is 0.0211. The van der Waals surface area contributed by atoms with Gasteiger partial charge in [0.2, 0.25) is 5.91 Å². The molecule has 0 aliphatic rings. The molecule has 0 saturated carbocycles. The Kier molecular flexibility index (Phi) is 4.95. The van der Waals surface area contributed by atoms with Crippen molar-refractivity contribution >= 4 is 5.91 Å². The van der Waals surface area contributed by atoms with Gasteiger partial charge in [0.25, 0.3) is 0 Å². The zero-order chi connectivity index (χ0) is 12.0. The highest BCUT2D eigenvalue weighted by Crippen LogP contribution is 2.06. The standard InChI is InChI=1S/C12H19N3O/c13-10(6-7-11(14)12(15)16)8-9-4-2-1-3-5-9/h1-5,10-11H,6-8,13-14H2,(H2,15,16)/t10?,11-/m0/s1. The molecule has 0 spiro atoms. The summed E-state index contributed by atoms with van der Waals surface area (Å²) in [5.41, 5.74) is 17.7. The van der Waals surface area contributed by atoms with Crippen molar-refractivity contribution in [2.24, 2.45) is 17.2 Å². The Morgan fingerprint density at radius 2 is 1.75 bits per heavy atom. The van der Waals surface area contributed by atoms with E-state index in [0.717, 1.165) is 6.42 Å². The van der Waals surface area contributed by atoms with Crippen LogP contribution >= 0.6 is 0 Å². The Morgan fingerprint density at radius 1 is 1.12 bits per heavy atom. The van der Waals surface area contributed by atoms with Gasteiger partial charge < -0.3 is 17.2 Å². The van der Waals surface area contributed by atoms with Crippen LogP contribution in [0.1, 0.15) is 18.4 Å². The molecule has 0 aromatic heterocycles. The molecule has 0 radical (unpaired) electrons. The molecule has 1 aromatic carbocycles. The highest BCUT2D eigenvalue weighted by Gasteiger charge is 2.11. The third-order valence-electron chi connectivity index (χ3n) is 2.55. The fourth-order valence-corrected chi connectivity index (χ4v) is 1.55. The summed E-state index contributed by atoms with van der Waals surface area (Å²) < 4.78 is 0. The summed E-state index contributed by atoms with van der Waals surface area (Å²) in [6.45, 7) is 0. The number of nitrogens with two attached hydrogens (primary N) is 3. The van der Waals surface area contributed by atoms with Crippen LogP contribution in [0.2, 0.25) is 0 Å². The van der Waals surface area contributed by atoms with Gasteiger partial charge in [0.1, 0.15) is 0 Å². The van der Waals surface area contributed by atoms with E-state index in [2.05, 4.69) is 0 Å². The Labute approximate surface area is 95.8 Å². The molecular weight excluding hydrogens is 202 g/mol. The quantitative estimate of drug-likeness (QED) is 0.638. The first-order valence-electron chi connectivity index (χ1n) is 5.44. The molecular formula is C12H19N3O. The first-order valence-corrected chi connectivity index (χ1v) is 5.44. The van der Waals surface area contributed by atoms with E-state index in [1.165, 1.54) is 5.56 Å². The first-order chi connectivity index (χ1) is 7.59. The van der Waals surface area contributed by atoms with Crippen LogP contribution in [0, 0.1) is 0 Å². The molecule has 0 aliphatic carbocycles. The molecule has 16 heavy (non-hydrogen) atoms. The molecule has 2 atom stereocenters. The van der Waals surface area contributed by atoms with Crippen LogP contribution in [-0.2, 0) is 11.2 Å². The van der Waals surface area contributed by atoms with Crippen molar-refractivity contribution in [2.75, 3.05) is 0 Å². The predicted octanol–water partition coefficient (Wildman–Crippen LogP) is 0.149. The second-order valence-corrected chi connectivity index (χ2v) is 4.04. The largest absolute Gasteiger partial charge is 0.368 e. The highest BCUT2D eigenvalue weighted by molar-refractivity contribution is 5.79. The van der Waals surface area contributed by atoms with Crippen LogP contribution in [0.5, 0.6) is 0 Å². The van der Waals surface area contributed by atoms with Gasteiger partial charge in [-0.25, -0.2) is 0 Å². The molecule has 6 N–H and O–H groups in total. The minimum atomic E-state index is -0.582. The maximum absolute atomic E-state index is 10.7. The van der Waals surface area contributed by atoms with Gasteiger partial charge in [-0.3, -0.25) is 4.79 Å². The van der Waals surface area contributed by atoms with Gasteiger partial charge >= 0.3 is 0 Å². The van der Waals surface area contributed by atoms with Crippen molar-refractivity contribution in [3.05, 3.63) is 35.9 Å². The lowest BCUT2D eigenvalue weighted by molar-refractivity contribution is -0.119. The number of primary amides is 1. The third kappa shape index (κ3) is 4.42. The number of hydrogen-bond acceptors (Lipinski definition) is 3. The van der Waals surface area contributed by atoms with E-state index in [0.29, 0.717) is 12.8 Å². The Balaban J connectivity index is 2.31. The summed E-state index contributed by atoms with van der Waals surface area (Å²) in [6.07, 6.45) is 2.05. The van der Waals surface area contributed by atoms with E-state index < -0.39 is 11.9 Å².